The molecule has 0 aliphatic carbocycles. The highest BCUT2D eigenvalue weighted by molar-refractivity contribution is 6.02. The third-order valence-corrected chi connectivity index (χ3v) is 4.77. The van der Waals surface area contributed by atoms with Crippen LogP contribution in [-0.4, -0.2) is 27.9 Å². The summed E-state index contributed by atoms with van der Waals surface area (Å²) in [5.74, 6) is -1.95. The summed E-state index contributed by atoms with van der Waals surface area (Å²) in [6, 6.07) is 11.4. The van der Waals surface area contributed by atoms with Crippen molar-refractivity contribution in [2.75, 3.05) is 7.05 Å². The van der Waals surface area contributed by atoms with Crippen LogP contribution in [0.5, 0.6) is 0 Å². The third-order valence-electron chi connectivity index (χ3n) is 4.77. The van der Waals surface area contributed by atoms with E-state index < -0.39 is 34.9 Å². The minimum Gasteiger partial charge on any atom is -0.858 e. The average Bonchev–Trinajstić information content (AvgIpc) is 3.38. The molecular weight excluding hydrogens is 428 g/mol. The SMILES string of the molecule is CN=C([O-])c1c(-c2ccc(C)cc2)noc1-c1cnn(-c2cccc(F)c2)c1C(F)(F)F. The number of nitrogens with zero attached hydrogens (tertiary/aromatic N) is 4. The zero-order valence-electron chi connectivity index (χ0n) is 16.8. The highest BCUT2D eigenvalue weighted by Crippen LogP contribution is 2.41. The number of hydrogen-bond donors (Lipinski definition) is 0. The molecule has 0 saturated heterocycles. The first-order valence-electron chi connectivity index (χ1n) is 9.33. The van der Waals surface area contributed by atoms with Crippen LogP contribution in [0.4, 0.5) is 17.6 Å². The zero-order valence-corrected chi connectivity index (χ0v) is 16.8. The van der Waals surface area contributed by atoms with Crippen molar-refractivity contribution in [2.45, 2.75) is 13.1 Å². The predicted molar refractivity (Wildman–Crippen MR) is 107 cm³/mol. The van der Waals surface area contributed by atoms with Gasteiger partial charge in [0.25, 0.3) is 0 Å². The molecule has 4 rings (SSSR count). The van der Waals surface area contributed by atoms with Crippen molar-refractivity contribution in [2.24, 2.45) is 4.99 Å². The fourth-order valence-electron chi connectivity index (χ4n) is 3.28. The molecule has 0 aliphatic heterocycles. The van der Waals surface area contributed by atoms with Crippen LogP contribution in [0.25, 0.3) is 28.3 Å². The standard InChI is InChI=1S/C22H16F4N4O2/c1-12-6-8-13(9-7-12)18-17(21(31)27-2)19(32-29-18)16-11-28-30(20(16)22(24,25)26)15-5-3-4-14(23)10-15/h3-11H,1-2H3,(H,27,31)/p-1. The van der Waals surface area contributed by atoms with Gasteiger partial charge in [0.15, 0.2) is 11.5 Å². The maximum Gasteiger partial charge on any atom is 0.434 e. The van der Waals surface area contributed by atoms with Gasteiger partial charge in [-0.25, -0.2) is 9.07 Å². The van der Waals surface area contributed by atoms with Crippen molar-refractivity contribution in [3.8, 4) is 28.3 Å². The van der Waals surface area contributed by atoms with Gasteiger partial charge in [0.05, 0.1) is 23.0 Å². The van der Waals surface area contributed by atoms with Gasteiger partial charge in [-0.3, -0.25) is 0 Å². The molecule has 164 valence electrons. The molecule has 6 nitrogen and oxygen atoms in total. The van der Waals surface area contributed by atoms with Crippen LogP contribution in [0.1, 0.15) is 16.8 Å². The second-order valence-corrected chi connectivity index (χ2v) is 6.93. The van der Waals surface area contributed by atoms with E-state index in [4.69, 9.17) is 4.52 Å². The van der Waals surface area contributed by atoms with Crippen LogP contribution < -0.4 is 5.11 Å². The molecule has 0 amide bonds. The van der Waals surface area contributed by atoms with Gasteiger partial charge in [0.1, 0.15) is 11.5 Å². The van der Waals surface area contributed by atoms with E-state index in [0.717, 1.165) is 23.9 Å². The largest absolute Gasteiger partial charge is 0.858 e. The van der Waals surface area contributed by atoms with Crippen molar-refractivity contribution in [1.82, 2.24) is 14.9 Å². The monoisotopic (exact) mass is 443 g/mol. The smallest absolute Gasteiger partial charge is 0.434 e. The van der Waals surface area contributed by atoms with Gasteiger partial charge < -0.3 is 14.6 Å². The van der Waals surface area contributed by atoms with Crippen LogP contribution >= 0.6 is 0 Å². The molecule has 2 aromatic carbocycles. The molecule has 0 unspecified atom stereocenters. The molecule has 4 aromatic rings. The highest BCUT2D eigenvalue weighted by Gasteiger charge is 2.41. The Labute approximate surface area is 179 Å². The van der Waals surface area contributed by atoms with E-state index in [2.05, 4.69) is 15.2 Å². The Kier molecular flexibility index (Phi) is 5.29. The lowest BCUT2D eigenvalue weighted by Gasteiger charge is -2.14. The number of alkyl halides is 3. The summed E-state index contributed by atoms with van der Waals surface area (Å²) in [4.78, 5) is 3.59. The summed E-state index contributed by atoms with van der Waals surface area (Å²) < 4.78 is 61.7. The van der Waals surface area contributed by atoms with Gasteiger partial charge in [-0.1, -0.05) is 41.1 Å². The van der Waals surface area contributed by atoms with Crippen LogP contribution in [0.2, 0.25) is 0 Å². The molecule has 0 saturated carbocycles. The molecule has 0 N–H and O–H groups in total. The maximum atomic E-state index is 14.1. The van der Waals surface area contributed by atoms with Crippen LogP contribution in [0.3, 0.4) is 0 Å². The predicted octanol–water partition coefficient (Wildman–Crippen LogP) is 4.40. The Morgan fingerprint density at radius 2 is 1.84 bits per heavy atom. The summed E-state index contributed by atoms with van der Waals surface area (Å²) >= 11 is 0. The first-order valence-corrected chi connectivity index (χ1v) is 9.33. The van der Waals surface area contributed by atoms with Crippen LogP contribution in [-0.2, 0) is 6.18 Å². The minimum absolute atomic E-state index is 0.0576. The number of hydrogen-bond acceptors (Lipinski definition) is 5. The van der Waals surface area contributed by atoms with E-state index in [9.17, 15) is 22.7 Å². The fourth-order valence-corrected chi connectivity index (χ4v) is 3.28. The van der Waals surface area contributed by atoms with Crippen molar-refractivity contribution >= 4 is 5.90 Å². The van der Waals surface area contributed by atoms with Gasteiger partial charge in [0.2, 0.25) is 0 Å². The van der Waals surface area contributed by atoms with Gasteiger partial charge in [-0.15, -0.1) is 0 Å². The molecule has 0 aliphatic rings. The molecule has 0 bridgehead atoms. The normalized spacial score (nSPS) is 12.4. The second-order valence-electron chi connectivity index (χ2n) is 6.93. The Morgan fingerprint density at radius 1 is 1.12 bits per heavy atom. The first kappa shape index (κ1) is 21.3. The summed E-state index contributed by atoms with van der Waals surface area (Å²) in [5.41, 5.74) is -0.637. The van der Waals surface area contributed by atoms with E-state index in [1.807, 2.05) is 6.92 Å². The number of rotatable bonds is 4. The van der Waals surface area contributed by atoms with E-state index in [1.54, 1.807) is 24.3 Å². The van der Waals surface area contributed by atoms with E-state index in [-0.39, 0.29) is 16.9 Å². The van der Waals surface area contributed by atoms with Gasteiger partial charge >= 0.3 is 6.18 Å². The average molecular weight is 443 g/mol. The van der Waals surface area contributed by atoms with Crippen LogP contribution in [0.15, 0.2) is 64.2 Å². The lowest BCUT2D eigenvalue weighted by molar-refractivity contribution is -0.212. The molecule has 0 fully saturated rings. The Bertz CT molecular complexity index is 1300. The lowest BCUT2D eigenvalue weighted by Crippen LogP contribution is -2.20. The molecule has 0 atom stereocenters. The minimum atomic E-state index is -4.90. The van der Waals surface area contributed by atoms with E-state index >= 15 is 0 Å². The molecular formula is C22H15F4N4O2-. The topological polar surface area (TPSA) is 79.3 Å². The van der Waals surface area contributed by atoms with Crippen molar-refractivity contribution in [3.05, 3.63) is 77.4 Å². The van der Waals surface area contributed by atoms with Crippen molar-refractivity contribution in [3.63, 3.8) is 0 Å². The number of aromatic nitrogens is 3. The van der Waals surface area contributed by atoms with E-state index in [1.165, 1.54) is 19.2 Å². The van der Waals surface area contributed by atoms with Gasteiger partial charge in [-0.05, 0) is 31.0 Å². The Hall–Kier alpha value is -3.95. The molecule has 0 radical (unpaired) electrons. The Morgan fingerprint density at radius 3 is 2.47 bits per heavy atom. The summed E-state index contributed by atoms with van der Waals surface area (Å²) in [6.45, 7) is 1.86. The maximum absolute atomic E-state index is 14.1. The van der Waals surface area contributed by atoms with Gasteiger partial charge in [0, 0.05) is 12.6 Å². The Balaban J connectivity index is 1.97. The lowest BCUT2D eigenvalue weighted by atomic mass is 10.0. The van der Waals surface area contributed by atoms with E-state index in [0.29, 0.717) is 10.2 Å². The first-order chi connectivity index (χ1) is 15.2. The van der Waals surface area contributed by atoms with Crippen molar-refractivity contribution < 1.29 is 27.2 Å². The summed E-state index contributed by atoms with van der Waals surface area (Å²) in [6.07, 6.45) is -4.00. The number of aryl methyl sites for hydroxylation is 1. The zero-order chi connectivity index (χ0) is 23.0. The number of benzene rings is 2. The highest BCUT2D eigenvalue weighted by atomic mass is 19.4. The molecule has 32 heavy (non-hydrogen) atoms. The molecule has 2 heterocycles. The second kappa shape index (κ2) is 7.95. The fraction of sp³-hybridized carbons (Fsp3) is 0.136. The van der Waals surface area contributed by atoms with Crippen LogP contribution in [0, 0.1) is 12.7 Å². The quantitative estimate of drug-likeness (QED) is 0.266. The van der Waals surface area contributed by atoms with Gasteiger partial charge in [-0.2, -0.15) is 18.3 Å². The number of aliphatic imine (C=N–C) groups is 1. The molecule has 10 heteroatoms. The van der Waals surface area contributed by atoms with Crippen molar-refractivity contribution in [1.29, 1.82) is 0 Å². The molecule has 2 aromatic heterocycles. The molecule has 0 spiro atoms. The number of halogens is 4. The summed E-state index contributed by atoms with van der Waals surface area (Å²) in [7, 11) is 1.22. The third kappa shape index (κ3) is 3.75. The summed E-state index contributed by atoms with van der Waals surface area (Å²) in [5, 5.41) is 20.2.